The zero-order valence-electron chi connectivity index (χ0n) is 15.0. The van der Waals surface area contributed by atoms with Crippen LogP contribution < -0.4 is 10.5 Å². The average molecular weight is 395 g/mol. The average Bonchev–Trinajstić information content (AvgIpc) is 3.19. The lowest BCUT2D eigenvalue weighted by atomic mass is 10.0. The van der Waals surface area contributed by atoms with Gasteiger partial charge in [-0.2, -0.15) is 5.10 Å². The van der Waals surface area contributed by atoms with Gasteiger partial charge in [0.2, 0.25) is 0 Å². The number of thiophene rings is 1. The minimum Gasteiger partial charge on any atom is -0.369 e. The minimum atomic E-state index is -0.285. The molecule has 0 bridgehead atoms. The lowest BCUT2D eigenvalue weighted by Gasteiger charge is -2.39. The van der Waals surface area contributed by atoms with Crippen LogP contribution in [0, 0.1) is 0 Å². The van der Waals surface area contributed by atoms with Gasteiger partial charge in [-0.25, -0.2) is 4.68 Å². The van der Waals surface area contributed by atoms with Crippen LogP contribution in [-0.2, 0) is 7.05 Å². The van der Waals surface area contributed by atoms with Crippen LogP contribution in [0.1, 0.15) is 35.9 Å². The van der Waals surface area contributed by atoms with Crippen molar-refractivity contribution in [3.05, 3.63) is 44.0 Å². The Morgan fingerprint density at radius 2 is 2.15 bits per heavy atom. The van der Waals surface area contributed by atoms with Crippen LogP contribution in [0.3, 0.4) is 0 Å². The second kappa shape index (κ2) is 8.22. The van der Waals surface area contributed by atoms with Crippen molar-refractivity contribution in [2.45, 2.75) is 32.2 Å². The van der Waals surface area contributed by atoms with Gasteiger partial charge in [0.25, 0.3) is 11.5 Å². The summed E-state index contributed by atoms with van der Waals surface area (Å²) in [5.41, 5.74) is 0.395. The van der Waals surface area contributed by atoms with Crippen molar-refractivity contribution in [2.75, 3.05) is 24.5 Å². The second-order valence-corrected chi connectivity index (χ2v) is 7.79. The molecule has 0 saturated carbocycles. The summed E-state index contributed by atoms with van der Waals surface area (Å²) in [6.07, 6.45) is 4.28. The summed E-state index contributed by atoms with van der Waals surface area (Å²) in [6, 6.07) is 4.00. The third-order valence-corrected chi connectivity index (χ3v) is 5.98. The van der Waals surface area contributed by atoms with Crippen LogP contribution in [-0.4, -0.2) is 46.3 Å². The Bertz CT molecular complexity index is 813. The number of carbonyl (C=O) groups is 1. The number of nitrogens with zero attached hydrogens (tertiary/aromatic N) is 4. The maximum Gasteiger partial charge on any atom is 0.287 e. The molecule has 3 heterocycles. The Balaban J connectivity index is 1.71. The number of amides is 1. The van der Waals surface area contributed by atoms with Crippen molar-refractivity contribution in [3.8, 4) is 0 Å². The van der Waals surface area contributed by atoms with Crippen LogP contribution >= 0.6 is 22.9 Å². The number of halogens is 1. The number of aromatic nitrogens is 2. The molecule has 6 nitrogen and oxygen atoms in total. The Labute approximate surface area is 162 Å². The molecule has 0 aliphatic carbocycles. The first-order valence-electron chi connectivity index (χ1n) is 8.84. The monoisotopic (exact) mass is 394 g/mol. The summed E-state index contributed by atoms with van der Waals surface area (Å²) in [5, 5.41) is 6.22. The molecular weight excluding hydrogens is 372 g/mol. The van der Waals surface area contributed by atoms with Crippen LogP contribution in [0.4, 0.5) is 5.69 Å². The zero-order valence-corrected chi connectivity index (χ0v) is 16.6. The fourth-order valence-corrected chi connectivity index (χ4v) is 4.34. The molecule has 0 N–H and O–H groups in total. The summed E-state index contributed by atoms with van der Waals surface area (Å²) in [6.45, 7) is 4.35. The number of hydrogen-bond acceptors (Lipinski definition) is 5. The highest BCUT2D eigenvalue weighted by molar-refractivity contribution is 7.12. The van der Waals surface area contributed by atoms with Gasteiger partial charge in [-0.15, -0.1) is 11.3 Å². The summed E-state index contributed by atoms with van der Waals surface area (Å²) < 4.78 is 1.24. The molecule has 0 unspecified atom stereocenters. The van der Waals surface area contributed by atoms with Crippen LogP contribution in [0.5, 0.6) is 0 Å². The third-order valence-electron chi connectivity index (χ3n) is 4.76. The van der Waals surface area contributed by atoms with E-state index in [4.69, 9.17) is 11.6 Å². The van der Waals surface area contributed by atoms with E-state index >= 15 is 0 Å². The molecule has 8 heteroatoms. The lowest BCUT2D eigenvalue weighted by Crippen LogP contribution is -2.48. The number of aryl methyl sites for hydroxylation is 1. The van der Waals surface area contributed by atoms with E-state index in [1.165, 1.54) is 16.0 Å². The fourth-order valence-electron chi connectivity index (χ4n) is 3.37. The first-order chi connectivity index (χ1) is 12.5. The van der Waals surface area contributed by atoms with Gasteiger partial charge < -0.3 is 9.80 Å². The molecule has 2 aromatic rings. The smallest absolute Gasteiger partial charge is 0.287 e. The van der Waals surface area contributed by atoms with Gasteiger partial charge in [-0.05, 0) is 30.7 Å². The van der Waals surface area contributed by atoms with Gasteiger partial charge in [0.15, 0.2) is 0 Å². The molecule has 1 aliphatic rings. The normalized spacial score (nSPS) is 15.3. The Hall–Kier alpha value is -1.86. The topological polar surface area (TPSA) is 58.4 Å². The summed E-state index contributed by atoms with van der Waals surface area (Å²) >= 11 is 7.71. The fraction of sp³-hybridized carbons (Fsp3) is 0.500. The van der Waals surface area contributed by atoms with Gasteiger partial charge >= 0.3 is 0 Å². The Morgan fingerprint density at radius 1 is 1.42 bits per heavy atom. The van der Waals surface area contributed by atoms with E-state index < -0.39 is 0 Å². The molecule has 3 rings (SSSR count). The van der Waals surface area contributed by atoms with Crippen LogP contribution in [0.15, 0.2) is 28.5 Å². The standard InChI is InChI=1S/C18H23ClN4O2S/c1-3-8-23(17(24)15-5-4-11-26-15)13-6-9-22(10-7-13)14-12-20-21(2)18(25)16(14)19/h4-5,11-13H,3,6-10H2,1-2H3. The highest BCUT2D eigenvalue weighted by Crippen LogP contribution is 2.27. The molecule has 1 amide bonds. The summed E-state index contributed by atoms with van der Waals surface area (Å²) in [4.78, 5) is 29.7. The summed E-state index contributed by atoms with van der Waals surface area (Å²) in [5.74, 6) is 0.119. The predicted octanol–water partition coefficient (Wildman–Crippen LogP) is 3.02. The number of piperidine rings is 1. The van der Waals surface area contributed by atoms with Gasteiger partial charge in [0.1, 0.15) is 5.02 Å². The molecule has 140 valence electrons. The van der Waals surface area contributed by atoms with E-state index in [0.717, 1.165) is 43.8 Å². The number of hydrogen-bond donors (Lipinski definition) is 0. The third kappa shape index (κ3) is 3.78. The van der Waals surface area contributed by atoms with E-state index in [1.807, 2.05) is 22.4 Å². The van der Waals surface area contributed by atoms with Crippen molar-refractivity contribution in [1.29, 1.82) is 0 Å². The predicted molar refractivity (Wildman–Crippen MR) is 105 cm³/mol. The van der Waals surface area contributed by atoms with E-state index in [2.05, 4.69) is 16.9 Å². The SMILES string of the molecule is CCCN(C(=O)c1cccs1)C1CCN(c2cnn(C)c(=O)c2Cl)CC1. The van der Waals surface area contributed by atoms with Crippen molar-refractivity contribution < 1.29 is 4.79 Å². The molecule has 0 aromatic carbocycles. The molecule has 0 spiro atoms. The van der Waals surface area contributed by atoms with Gasteiger partial charge in [0, 0.05) is 32.7 Å². The Morgan fingerprint density at radius 3 is 2.77 bits per heavy atom. The molecule has 26 heavy (non-hydrogen) atoms. The van der Waals surface area contributed by atoms with Crippen molar-refractivity contribution in [1.82, 2.24) is 14.7 Å². The molecule has 1 fully saturated rings. The maximum absolute atomic E-state index is 12.8. The number of anilines is 1. The van der Waals surface area contributed by atoms with E-state index in [9.17, 15) is 9.59 Å². The molecule has 1 saturated heterocycles. The van der Waals surface area contributed by atoms with Crippen LogP contribution in [0.2, 0.25) is 5.02 Å². The van der Waals surface area contributed by atoms with Crippen molar-refractivity contribution in [2.24, 2.45) is 7.05 Å². The second-order valence-electron chi connectivity index (χ2n) is 6.47. The molecular formula is C18H23ClN4O2S. The van der Waals surface area contributed by atoms with Gasteiger partial charge in [-0.3, -0.25) is 9.59 Å². The van der Waals surface area contributed by atoms with E-state index in [1.54, 1.807) is 13.2 Å². The summed E-state index contributed by atoms with van der Waals surface area (Å²) in [7, 11) is 1.59. The van der Waals surface area contributed by atoms with E-state index in [0.29, 0.717) is 5.69 Å². The lowest BCUT2D eigenvalue weighted by molar-refractivity contribution is 0.0655. The van der Waals surface area contributed by atoms with Crippen molar-refractivity contribution >= 4 is 34.5 Å². The molecule has 0 radical (unpaired) electrons. The largest absolute Gasteiger partial charge is 0.369 e. The quantitative estimate of drug-likeness (QED) is 0.782. The number of carbonyl (C=O) groups excluding carboxylic acids is 1. The molecule has 0 atom stereocenters. The van der Waals surface area contributed by atoms with Crippen molar-refractivity contribution in [3.63, 3.8) is 0 Å². The zero-order chi connectivity index (χ0) is 18.7. The first-order valence-corrected chi connectivity index (χ1v) is 10.1. The van der Waals surface area contributed by atoms with E-state index in [-0.39, 0.29) is 22.5 Å². The first kappa shape index (κ1) is 18.9. The Kier molecular flexibility index (Phi) is 5.98. The number of rotatable bonds is 5. The highest BCUT2D eigenvalue weighted by atomic mass is 35.5. The highest BCUT2D eigenvalue weighted by Gasteiger charge is 2.29. The molecule has 1 aliphatic heterocycles. The minimum absolute atomic E-state index is 0.119. The van der Waals surface area contributed by atoms with Gasteiger partial charge in [0.05, 0.1) is 16.8 Å². The van der Waals surface area contributed by atoms with Crippen LogP contribution in [0.25, 0.3) is 0 Å². The van der Waals surface area contributed by atoms with Gasteiger partial charge in [-0.1, -0.05) is 24.6 Å². The maximum atomic E-state index is 12.8. The molecule has 2 aromatic heterocycles.